The summed E-state index contributed by atoms with van der Waals surface area (Å²) in [6, 6.07) is 9.96. The molecule has 26 heavy (non-hydrogen) atoms. The lowest BCUT2D eigenvalue weighted by molar-refractivity contribution is -0.144. The summed E-state index contributed by atoms with van der Waals surface area (Å²) in [5, 5.41) is 0. The fourth-order valence-corrected chi connectivity index (χ4v) is 2.04. The molecule has 0 aliphatic rings. The summed E-state index contributed by atoms with van der Waals surface area (Å²) >= 11 is 0. The molecule has 7 heteroatoms. The second-order valence-corrected chi connectivity index (χ2v) is 5.30. The molecule has 136 valence electrons. The van der Waals surface area contributed by atoms with Gasteiger partial charge in [0.15, 0.2) is 36.3 Å². The minimum Gasteiger partial charge on any atom is -0.494 e. The molecule has 0 aliphatic carbocycles. The second-order valence-electron chi connectivity index (χ2n) is 5.30. The first kappa shape index (κ1) is 19.1. The van der Waals surface area contributed by atoms with Crippen LogP contribution in [-0.2, 0) is 9.53 Å². The largest absolute Gasteiger partial charge is 0.494 e. The highest BCUT2D eigenvalue weighted by molar-refractivity contribution is 5.98. The van der Waals surface area contributed by atoms with Gasteiger partial charge >= 0.3 is 5.97 Å². The van der Waals surface area contributed by atoms with Crippen molar-refractivity contribution < 1.29 is 33.0 Å². The standard InChI is InChI=1S/C19H17FO6/c1-12(21)13-3-6-15(7-4-13)25-11-19(23)26-10-17(22)14-5-8-18(24-2)16(20)9-14/h3-9H,10-11H2,1-2H3. The molecule has 0 fully saturated rings. The zero-order chi connectivity index (χ0) is 19.1. The number of ether oxygens (including phenoxy) is 3. The monoisotopic (exact) mass is 360 g/mol. The van der Waals surface area contributed by atoms with E-state index in [9.17, 15) is 18.8 Å². The van der Waals surface area contributed by atoms with Gasteiger partial charge in [0.1, 0.15) is 5.75 Å². The molecule has 0 spiro atoms. The van der Waals surface area contributed by atoms with Gasteiger partial charge in [-0.2, -0.15) is 0 Å². The van der Waals surface area contributed by atoms with Crippen molar-refractivity contribution >= 4 is 17.5 Å². The molecule has 0 amide bonds. The number of ketones is 2. The quantitative estimate of drug-likeness (QED) is 0.532. The molecule has 0 bridgehead atoms. The summed E-state index contributed by atoms with van der Waals surface area (Å²) in [5.41, 5.74) is 0.592. The number of methoxy groups -OCH3 is 1. The third-order valence-electron chi connectivity index (χ3n) is 3.46. The Balaban J connectivity index is 1.81. The fraction of sp³-hybridized carbons (Fsp3) is 0.211. The van der Waals surface area contributed by atoms with Gasteiger partial charge in [-0.05, 0) is 49.4 Å². The molecule has 0 saturated heterocycles. The highest BCUT2D eigenvalue weighted by Gasteiger charge is 2.13. The van der Waals surface area contributed by atoms with Gasteiger partial charge in [-0.15, -0.1) is 0 Å². The summed E-state index contributed by atoms with van der Waals surface area (Å²) in [6.45, 7) is 0.514. The predicted molar refractivity (Wildman–Crippen MR) is 90.2 cm³/mol. The normalized spacial score (nSPS) is 10.1. The molecular formula is C19H17FO6. The number of Topliss-reactive ketones (excluding diaryl/α,β-unsaturated/α-hetero) is 2. The first-order chi connectivity index (χ1) is 12.4. The van der Waals surface area contributed by atoms with Crippen LogP contribution in [-0.4, -0.2) is 37.9 Å². The number of halogens is 1. The topological polar surface area (TPSA) is 78.9 Å². The maximum atomic E-state index is 13.6. The van der Waals surface area contributed by atoms with Gasteiger partial charge in [-0.25, -0.2) is 9.18 Å². The Kier molecular flexibility index (Phi) is 6.43. The molecule has 0 atom stereocenters. The first-order valence-electron chi connectivity index (χ1n) is 7.67. The van der Waals surface area contributed by atoms with E-state index in [0.717, 1.165) is 6.07 Å². The molecule has 0 unspecified atom stereocenters. The van der Waals surface area contributed by atoms with Crippen molar-refractivity contribution in [3.63, 3.8) is 0 Å². The lowest BCUT2D eigenvalue weighted by Crippen LogP contribution is -2.19. The van der Waals surface area contributed by atoms with Crippen LogP contribution in [0, 0.1) is 5.82 Å². The highest BCUT2D eigenvalue weighted by atomic mass is 19.1. The summed E-state index contributed by atoms with van der Waals surface area (Å²) < 4.78 is 28.4. The van der Waals surface area contributed by atoms with Gasteiger partial charge in [0.05, 0.1) is 7.11 Å². The Morgan fingerprint density at radius 3 is 2.19 bits per heavy atom. The van der Waals surface area contributed by atoms with Crippen LogP contribution in [0.2, 0.25) is 0 Å². The van der Waals surface area contributed by atoms with Crippen molar-refractivity contribution in [2.45, 2.75) is 6.92 Å². The summed E-state index contributed by atoms with van der Waals surface area (Å²) in [7, 11) is 1.31. The van der Waals surface area contributed by atoms with Crippen LogP contribution in [0.1, 0.15) is 27.6 Å². The van der Waals surface area contributed by atoms with Crippen molar-refractivity contribution in [1.82, 2.24) is 0 Å². The summed E-state index contributed by atoms with van der Waals surface area (Å²) in [6.07, 6.45) is 0. The van der Waals surface area contributed by atoms with Crippen LogP contribution in [0.5, 0.6) is 11.5 Å². The van der Waals surface area contributed by atoms with E-state index >= 15 is 0 Å². The minimum absolute atomic E-state index is 0.0164. The summed E-state index contributed by atoms with van der Waals surface area (Å²) in [4.78, 5) is 34.7. The van der Waals surface area contributed by atoms with Crippen LogP contribution in [0.4, 0.5) is 4.39 Å². The number of benzene rings is 2. The third kappa shape index (κ3) is 5.14. The Morgan fingerprint density at radius 1 is 0.962 bits per heavy atom. The molecule has 2 rings (SSSR count). The van der Waals surface area contributed by atoms with E-state index in [1.165, 1.54) is 26.2 Å². The Hall–Kier alpha value is -3.22. The van der Waals surface area contributed by atoms with E-state index in [1.807, 2.05) is 0 Å². The van der Waals surface area contributed by atoms with Gasteiger partial charge < -0.3 is 14.2 Å². The number of carbonyl (C=O) groups excluding carboxylic acids is 3. The highest BCUT2D eigenvalue weighted by Crippen LogP contribution is 2.18. The molecule has 0 radical (unpaired) electrons. The SMILES string of the molecule is COc1ccc(C(=O)COC(=O)COc2ccc(C(C)=O)cc2)cc1F. The molecule has 0 aromatic heterocycles. The molecule has 0 heterocycles. The van der Waals surface area contributed by atoms with E-state index in [4.69, 9.17) is 14.2 Å². The number of esters is 1. The fourth-order valence-electron chi connectivity index (χ4n) is 2.04. The van der Waals surface area contributed by atoms with Crippen molar-refractivity contribution in [3.8, 4) is 11.5 Å². The molecular weight excluding hydrogens is 343 g/mol. The lowest BCUT2D eigenvalue weighted by Gasteiger charge is -2.08. The minimum atomic E-state index is -0.747. The van der Waals surface area contributed by atoms with Crippen LogP contribution < -0.4 is 9.47 Å². The van der Waals surface area contributed by atoms with Gasteiger partial charge in [-0.1, -0.05) is 0 Å². The van der Waals surface area contributed by atoms with Gasteiger partial charge in [0.2, 0.25) is 0 Å². The Bertz CT molecular complexity index is 813. The van der Waals surface area contributed by atoms with Crippen molar-refractivity contribution in [2.24, 2.45) is 0 Å². The van der Waals surface area contributed by atoms with Crippen molar-refractivity contribution in [3.05, 3.63) is 59.4 Å². The van der Waals surface area contributed by atoms with Crippen LogP contribution in [0.3, 0.4) is 0 Å². The van der Waals surface area contributed by atoms with Gasteiger partial charge in [-0.3, -0.25) is 9.59 Å². The Labute approximate surface area is 149 Å². The zero-order valence-corrected chi connectivity index (χ0v) is 14.3. The van der Waals surface area contributed by atoms with Crippen LogP contribution in [0.15, 0.2) is 42.5 Å². The number of hydrogen-bond donors (Lipinski definition) is 0. The molecule has 6 nitrogen and oxygen atoms in total. The number of rotatable bonds is 8. The predicted octanol–water partition coefficient (Wildman–Crippen LogP) is 2.84. The molecule has 2 aromatic rings. The summed E-state index contributed by atoms with van der Waals surface area (Å²) in [5.74, 6) is -1.65. The second kappa shape index (κ2) is 8.75. The zero-order valence-electron chi connectivity index (χ0n) is 14.3. The maximum Gasteiger partial charge on any atom is 0.344 e. The Morgan fingerprint density at radius 2 is 1.62 bits per heavy atom. The van der Waals surface area contributed by atoms with E-state index < -0.39 is 30.8 Å². The van der Waals surface area contributed by atoms with Crippen LogP contribution >= 0.6 is 0 Å². The molecule has 0 aliphatic heterocycles. The number of hydrogen-bond acceptors (Lipinski definition) is 6. The lowest BCUT2D eigenvalue weighted by atomic mass is 10.1. The average molecular weight is 360 g/mol. The van der Waals surface area contributed by atoms with Crippen LogP contribution in [0.25, 0.3) is 0 Å². The van der Waals surface area contributed by atoms with E-state index in [1.54, 1.807) is 24.3 Å². The maximum absolute atomic E-state index is 13.6. The third-order valence-corrected chi connectivity index (χ3v) is 3.46. The molecule has 2 aromatic carbocycles. The van der Waals surface area contributed by atoms with Gasteiger partial charge in [0.25, 0.3) is 0 Å². The number of carbonyl (C=O) groups is 3. The smallest absolute Gasteiger partial charge is 0.344 e. The first-order valence-corrected chi connectivity index (χ1v) is 7.67. The van der Waals surface area contributed by atoms with Gasteiger partial charge in [0, 0.05) is 11.1 Å². The van der Waals surface area contributed by atoms with Crippen molar-refractivity contribution in [2.75, 3.05) is 20.3 Å². The van der Waals surface area contributed by atoms with E-state index in [0.29, 0.717) is 11.3 Å². The average Bonchev–Trinajstić information content (AvgIpc) is 2.64. The molecule has 0 saturated carbocycles. The van der Waals surface area contributed by atoms with E-state index in [-0.39, 0.29) is 17.1 Å². The van der Waals surface area contributed by atoms with E-state index in [2.05, 4.69) is 0 Å². The van der Waals surface area contributed by atoms with Crippen molar-refractivity contribution in [1.29, 1.82) is 0 Å². The molecule has 0 N–H and O–H groups in total.